The van der Waals surface area contributed by atoms with Crippen molar-refractivity contribution < 1.29 is 4.74 Å². The second-order valence-corrected chi connectivity index (χ2v) is 2.01. The van der Waals surface area contributed by atoms with Gasteiger partial charge in [-0.25, -0.2) is 4.98 Å². The van der Waals surface area contributed by atoms with Crippen LogP contribution in [0.15, 0.2) is 11.0 Å². The lowest BCUT2D eigenvalue weighted by molar-refractivity contribution is 0.311. The van der Waals surface area contributed by atoms with Crippen molar-refractivity contribution in [2.24, 2.45) is 0 Å². The first-order valence-electron chi connectivity index (χ1n) is 3.46. The van der Waals surface area contributed by atoms with Gasteiger partial charge >= 0.3 is 0 Å². The molecule has 0 atom stereocenters. The van der Waals surface area contributed by atoms with Crippen molar-refractivity contribution in [3.63, 3.8) is 0 Å². The van der Waals surface area contributed by atoms with Crippen molar-refractivity contribution in [1.29, 1.82) is 0 Å². The first kappa shape index (κ1) is 8.34. The minimum absolute atomic E-state index is 0.196. The Morgan fingerprint density at radius 1 is 1.83 bits per heavy atom. The highest BCUT2D eigenvalue weighted by molar-refractivity contribution is 5.26. The van der Waals surface area contributed by atoms with Gasteiger partial charge in [0.1, 0.15) is 5.56 Å². The van der Waals surface area contributed by atoms with Gasteiger partial charge in [0.25, 0.3) is 11.6 Å². The summed E-state index contributed by atoms with van der Waals surface area (Å²) >= 11 is 0. The minimum atomic E-state index is -0.351. The molecule has 1 aromatic heterocycles. The van der Waals surface area contributed by atoms with E-state index in [4.69, 9.17) is 11.2 Å². The first-order chi connectivity index (χ1) is 5.77. The van der Waals surface area contributed by atoms with Gasteiger partial charge in [-0.3, -0.25) is 9.78 Å². The number of nitrogens with one attached hydrogen (secondary N) is 1. The Kier molecular flexibility index (Phi) is 2.49. The van der Waals surface area contributed by atoms with E-state index in [1.54, 1.807) is 6.92 Å². The molecule has 0 spiro atoms. The van der Waals surface area contributed by atoms with E-state index < -0.39 is 0 Å². The Morgan fingerprint density at radius 3 is 3.08 bits per heavy atom. The van der Waals surface area contributed by atoms with E-state index in [9.17, 15) is 4.79 Å². The van der Waals surface area contributed by atoms with Crippen LogP contribution in [0.2, 0.25) is 0 Å². The lowest BCUT2D eigenvalue weighted by Crippen LogP contribution is -2.12. The SMILES string of the molecule is C#Cc1cnc(OCC)[nH]c1=O. The van der Waals surface area contributed by atoms with Gasteiger partial charge in [0.15, 0.2) is 0 Å². The molecule has 0 aliphatic heterocycles. The predicted octanol–water partition coefficient (Wildman–Crippen LogP) is 0.150. The van der Waals surface area contributed by atoms with Gasteiger partial charge in [-0.1, -0.05) is 5.92 Å². The first-order valence-corrected chi connectivity index (χ1v) is 3.46. The fourth-order valence-corrected chi connectivity index (χ4v) is 0.691. The van der Waals surface area contributed by atoms with Gasteiger partial charge in [0.05, 0.1) is 12.8 Å². The van der Waals surface area contributed by atoms with Crippen LogP contribution in [0.4, 0.5) is 0 Å². The molecule has 1 heterocycles. The Hall–Kier alpha value is -1.76. The van der Waals surface area contributed by atoms with Crippen LogP contribution < -0.4 is 10.3 Å². The summed E-state index contributed by atoms with van der Waals surface area (Å²) in [6, 6.07) is 0.196. The van der Waals surface area contributed by atoms with Crippen LogP contribution in [-0.2, 0) is 0 Å². The Balaban J connectivity index is 3.04. The normalized spacial score (nSPS) is 9.00. The molecule has 0 aliphatic carbocycles. The fourth-order valence-electron chi connectivity index (χ4n) is 0.691. The van der Waals surface area contributed by atoms with E-state index in [1.165, 1.54) is 6.20 Å². The minimum Gasteiger partial charge on any atom is -0.465 e. The maximum atomic E-state index is 11.0. The molecular formula is C8H8N2O2. The van der Waals surface area contributed by atoms with Crippen molar-refractivity contribution in [3.05, 3.63) is 22.1 Å². The number of nitrogens with zero attached hydrogens (tertiary/aromatic N) is 1. The monoisotopic (exact) mass is 164 g/mol. The maximum absolute atomic E-state index is 11.0. The average Bonchev–Trinajstić information content (AvgIpc) is 2.05. The molecular weight excluding hydrogens is 156 g/mol. The zero-order valence-electron chi connectivity index (χ0n) is 6.63. The largest absolute Gasteiger partial charge is 0.465 e. The number of terminal acetylenes is 1. The van der Waals surface area contributed by atoms with E-state index in [-0.39, 0.29) is 17.1 Å². The molecule has 0 aromatic carbocycles. The molecule has 0 saturated heterocycles. The number of hydrogen-bond acceptors (Lipinski definition) is 3. The standard InChI is InChI=1S/C8H8N2O2/c1-3-6-5-9-8(12-4-2)10-7(6)11/h1,5H,4H2,2H3,(H,9,10,11). The molecule has 4 nitrogen and oxygen atoms in total. The van der Waals surface area contributed by atoms with Crippen molar-refractivity contribution in [2.45, 2.75) is 6.92 Å². The molecule has 0 bridgehead atoms. The van der Waals surface area contributed by atoms with Crippen molar-refractivity contribution in [2.75, 3.05) is 6.61 Å². The molecule has 12 heavy (non-hydrogen) atoms. The molecule has 0 fully saturated rings. The fraction of sp³-hybridized carbons (Fsp3) is 0.250. The number of aromatic amines is 1. The lowest BCUT2D eigenvalue weighted by atomic mass is 10.4. The lowest BCUT2D eigenvalue weighted by Gasteiger charge is -1.99. The summed E-state index contributed by atoms with van der Waals surface area (Å²) < 4.78 is 4.95. The summed E-state index contributed by atoms with van der Waals surface area (Å²) in [6.07, 6.45) is 6.33. The van der Waals surface area contributed by atoms with Gasteiger partial charge in [0.2, 0.25) is 0 Å². The summed E-state index contributed by atoms with van der Waals surface area (Å²) in [5, 5.41) is 0. The summed E-state index contributed by atoms with van der Waals surface area (Å²) in [7, 11) is 0. The second-order valence-electron chi connectivity index (χ2n) is 2.01. The third-order valence-corrected chi connectivity index (χ3v) is 1.21. The number of ether oxygens (including phenoxy) is 1. The average molecular weight is 164 g/mol. The van der Waals surface area contributed by atoms with Crippen LogP contribution in [-0.4, -0.2) is 16.6 Å². The molecule has 1 N–H and O–H groups in total. The van der Waals surface area contributed by atoms with Crippen LogP contribution >= 0.6 is 0 Å². The summed E-state index contributed by atoms with van der Waals surface area (Å²) in [5.41, 5.74) is -0.144. The van der Waals surface area contributed by atoms with Crippen molar-refractivity contribution in [3.8, 4) is 18.4 Å². The van der Waals surface area contributed by atoms with Gasteiger partial charge in [-0.2, -0.15) is 0 Å². The number of rotatable bonds is 2. The molecule has 0 radical (unpaired) electrons. The van der Waals surface area contributed by atoms with Crippen molar-refractivity contribution >= 4 is 0 Å². The summed E-state index contributed by atoms with van der Waals surface area (Å²) in [4.78, 5) is 17.2. The van der Waals surface area contributed by atoms with Crippen LogP contribution in [0.5, 0.6) is 6.01 Å². The summed E-state index contributed by atoms with van der Waals surface area (Å²) in [6.45, 7) is 2.26. The van der Waals surface area contributed by atoms with Gasteiger partial charge in [0, 0.05) is 0 Å². The van der Waals surface area contributed by atoms with Gasteiger partial charge in [-0.05, 0) is 6.92 Å². The molecule has 0 amide bonds. The molecule has 0 aliphatic rings. The van der Waals surface area contributed by atoms with Crippen LogP contribution in [0.1, 0.15) is 12.5 Å². The highest BCUT2D eigenvalue weighted by atomic mass is 16.5. The van der Waals surface area contributed by atoms with Crippen LogP contribution in [0, 0.1) is 12.3 Å². The van der Waals surface area contributed by atoms with E-state index in [1.807, 2.05) is 0 Å². The van der Waals surface area contributed by atoms with Crippen molar-refractivity contribution in [1.82, 2.24) is 9.97 Å². The number of aromatic nitrogens is 2. The topological polar surface area (TPSA) is 55.0 Å². The van der Waals surface area contributed by atoms with Crippen LogP contribution in [0.25, 0.3) is 0 Å². The summed E-state index contributed by atoms with van der Waals surface area (Å²) in [5.74, 6) is 2.20. The second kappa shape index (κ2) is 3.58. The Labute approximate surface area is 69.6 Å². The predicted molar refractivity (Wildman–Crippen MR) is 44.0 cm³/mol. The number of hydrogen-bond donors (Lipinski definition) is 1. The van der Waals surface area contributed by atoms with Gasteiger partial charge in [-0.15, -0.1) is 6.42 Å². The van der Waals surface area contributed by atoms with E-state index >= 15 is 0 Å². The zero-order chi connectivity index (χ0) is 8.97. The highest BCUT2D eigenvalue weighted by Crippen LogP contribution is 1.95. The smallest absolute Gasteiger partial charge is 0.296 e. The molecule has 1 rings (SSSR count). The van der Waals surface area contributed by atoms with E-state index in [2.05, 4.69) is 15.9 Å². The third kappa shape index (κ3) is 1.64. The highest BCUT2D eigenvalue weighted by Gasteiger charge is 1.98. The molecule has 62 valence electrons. The molecule has 0 unspecified atom stereocenters. The van der Waals surface area contributed by atoms with E-state index in [0.29, 0.717) is 6.61 Å². The number of H-pyrrole nitrogens is 1. The Bertz CT molecular complexity index is 362. The quantitative estimate of drug-likeness (QED) is 0.633. The molecule has 1 aromatic rings. The van der Waals surface area contributed by atoms with Gasteiger partial charge < -0.3 is 4.74 Å². The maximum Gasteiger partial charge on any atom is 0.296 e. The van der Waals surface area contributed by atoms with Crippen LogP contribution in [0.3, 0.4) is 0 Å². The Morgan fingerprint density at radius 2 is 2.58 bits per heavy atom. The van der Waals surface area contributed by atoms with E-state index in [0.717, 1.165) is 0 Å². The molecule has 4 heteroatoms. The molecule has 0 saturated carbocycles. The zero-order valence-corrected chi connectivity index (χ0v) is 6.63. The third-order valence-electron chi connectivity index (χ3n) is 1.21.